The van der Waals surface area contributed by atoms with Gasteiger partial charge in [0.15, 0.2) is 5.78 Å². The number of aromatic nitrogens is 2. The smallest absolute Gasteiger partial charge is 0.310 e. The van der Waals surface area contributed by atoms with Gasteiger partial charge in [-0.3, -0.25) is 9.59 Å². The number of aliphatic carboxylic acids is 1. The Balaban J connectivity index is 0.000000197. The molecular weight excluding hydrogens is 520 g/mol. The summed E-state index contributed by atoms with van der Waals surface area (Å²) in [5, 5.41) is 9.00. The van der Waals surface area contributed by atoms with Gasteiger partial charge in [-0.2, -0.15) is 0 Å². The number of nitrogens with zero attached hydrogens (tertiary/aromatic N) is 2. The largest absolute Gasteiger partial charge is 0.481 e. The summed E-state index contributed by atoms with van der Waals surface area (Å²) >= 11 is 0. The van der Waals surface area contributed by atoms with Crippen LogP contribution in [0, 0.1) is 41.5 Å². The Morgan fingerprint density at radius 1 is 0.714 bits per heavy atom. The van der Waals surface area contributed by atoms with Crippen LogP contribution < -0.4 is 4.57 Å². The fourth-order valence-electron chi connectivity index (χ4n) is 5.63. The van der Waals surface area contributed by atoms with Crippen molar-refractivity contribution < 1.29 is 19.3 Å². The van der Waals surface area contributed by atoms with Crippen LogP contribution in [-0.2, 0) is 4.79 Å². The Kier molecular flexibility index (Phi) is 9.21. The van der Waals surface area contributed by atoms with Crippen LogP contribution in [0.3, 0.4) is 0 Å². The highest BCUT2D eigenvalue weighted by molar-refractivity contribution is 6.09. The summed E-state index contributed by atoms with van der Waals surface area (Å²) in [7, 11) is 0. The third-order valence-corrected chi connectivity index (χ3v) is 7.48. The van der Waals surface area contributed by atoms with Crippen LogP contribution in [0.25, 0.3) is 11.4 Å². The van der Waals surface area contributed by atoms with Crippen molar-refractivity contribution >= 4 is 11.8 Å². The fraction of sp³-hybridized carbons (Fsp3) is 0.216. The van der Waals surface area contributed by atoms with Crippen molar-refractivity contribution in [2.24, 2.45) is 0 Å². The van der Waals surface area contributed by atoms with Crippen molar-refractivity contribution in [2.75, 3.05) is 0 Å². The van der Waals surface area contributed by atoms with E-state index in [0.29, 0.717) is 16.7 Å². The van der Waals surface area contributed by atoms with Crippen LogP contribution in [0.2, 0.25) is 0 Å². The molecule has 4 aromatic carbocycles. The lowest BCUT2D eigenvalue weighted by atomic mass is 9.96. The van der Waals surface area contributed by atoms with Gasteiger partial charge in [0, 0.05) is 11.1 Å². The lowest BCUT2D eigenvalue weighted by Crippen LogP contribution is -2.30. The predicted octanol–water partition coefficient (Wildman–Crippen LogP) is 7.71. The van der Waals surface area contributed by atoms with Gasteiger partial charge >= 0.3 is 5.97 Å². The average Bonchev–Trinajstić information content (AvgIpc) is 3.40. The Labute approximate surface area is 248 Å². The molecule has 5 nitrogen and oxygen atoms in total. The Hall–Kier alpha value is -4.77. The van der Waals surface area contributed by atoms with Crippen molar-refractivity contribution in [3.05, 3.63) is 148 Å². The van der Waals surface area contributed by atoms with Gasteiger partial charge in [-0.15, -0.1) is 0 Å². The first-order valence-corrected chi connectivity index (χ1v) is 14.1. The summed E-state index contributed by atoms with van der Waals surface area (Å²) in [5.41, 5.74) is 12.2. The number of carboxylic acid groups (broad SMARTS) is 1. The quantitative estimate of drug-likeness (QED) is 0.171. The minimum atomic E-state index is -0.899. The molecule has 0 aliphatic rings. The van der Waals surface area contributed by atoms with Crippen molar-refractivity contribution in [3.8, 4) is 11.4 Å². The van der Waals surface area contributed by atoms with Crippen LogP contribution in [0.15, 0.2) is 97.6 Å². The molecule has 1 N–H and O–H groups in total. The molecule has 1 heterocycles. The van der Waals surface area contributed by atoms with Crippen molar-refractivity contribution in [2.45, 2.75) is 54.4 Å². The van der Waals surface area contributed by atoms with E-state index >= 15 is 0 Å². The lowest BCUT2D eigenvalue weighted by molar-refractivity contribution is -0.595. The highest BCUT2D eigenvalue weighted by atomic mass is 16.4. The number of imidazole rings is 1. The Morgan fingerprint density at radius 3 is 1.83 bits per heavy atom. The Bertz CT molecular complexity index is 1630. The maximum absolute atomic E-state index is 12.2. The number of rotatable bonds is 6. The van der Waals surface area contributed by atoms with Crippen molar-refractivity contribution in [1.29, 1.82) is 0 Å². The predicted molar refractivity (Wildman–Crippen MR) is 168 cm³/mol. The third-order valence-electron chi connectivity index (χ3n) is 7.48. The molecular formula is C37H39N2O3+. The van der Waals surface area contributed by atoms with Gasteiger partial charge in [0.1, 0.15) is 23.8 Å². The molecule has 0 fully saturated rings. The van der Waals surface area contributed by atoms with Crippen LogP contribution >= 0.6 is 0 Å². The van der Waals surface area contributed by atoms with Gasteiger partial charge in [0.2, 0.25) is 0 Å². The minimum Gasteiger partial charge on any atom is -0.481 e. The molecule has 214 valence electrons. The van der Waals surface area contributed by atoms with Crippen LogP contribution in [-0.4, -0.2) is 21.4 Å². The highest BCUT2D eigenvalue weighted by Gasteiger charge is 2.18. The first-order chi connectivity index (χ1) is 20.0. The van der Waals surface area contributed by atoms with E-state index in [1.807, 2.05) is 6.07 Å². The SMILES string of the molecule is CC(C(=O)O)c1cccc(C(=O)c2ccccc2)c1.Cc1cc(C)c(-n2cc[n+](-c3c(C)cc(C)cc3C)c2)c(C)c1. The van der Waals surface area contributed by atoms with Crippen molar-refractivity contribution in [1.82, 2.24) is 4.57 Å². The molecule has 0 saturated carbocycles. The van der Waals surface area contributed by atoms with E-state index in [0.717, 1.165) is 0 Å². The number of hydrogen-bond acceptors (Lipinski definition) is 2. The number of aryl methyl sites for hydroxylation is 6. The van der Waals surface area contributed by atoms with Gasteiger partial charge < -0.3 is 5.11 Å². The Morgan fingerprint density at radius 2 is 1.26 bits per heavy atom. The van der Waals surface area contributed by atoms with E-state index in [1.165, 1.54) is 44.8 Å². The number of hydrogen-bond donors (Lipinski definition) is 1. The summed E-state index contributed by atoms with van der Waals surface area (Å²) in [6, 6.07) is 24.7. The molecule has 0 spiro atoms. The van der Waals surface area contributed by atoms with Crippen molar-refractivity contribution in [3.63, 3.8) is 0 Å². The molecule has 42 heavy (non-hydrogen) atoms. The molecule has 0 amide bonds. The first kappa shape index (κ1) is 30.2. The fourth-order valence-corrected chi connectivity index (χ4v) is 5.63. The van der Waals surface area contributed by atoms with Gasteiger partial charge in [0.05, 0.1) is 5.92 Å². The maximum atomic E-state index is 12.2. The molecule has 5 rings (SSSR count). The second kappa shape index (κ2) is 12.8. The molecule has 0 radical (unpaired) electrons. The summed E-state index contributed by atoms with van der Waals surface area (Å²) in [5.74, 6) is -1.62. The molecule has 5 heteroatoms. The monoisotopic (exact) mass is 559 g/mol. The molecule has 1 unspecified atom stereocenters. The summed E-state index contributed by atoms with van der Waals surface area (Å²) in [6.45, 7) is 14.6. The van der Waals surface area contributed by atoms with Gasteiger partial charge in [-0.1, -0.05) is 83.9 Å². The van der Waals surface area contributed by atoms with Gasteiger partial charge in [-0.05, 0) is 82.3 Å². The summed E-state index contributed by atoms with van der Waals surface area (Å²) in [4.78, 5) is 23.2. The number of carboxylic acids is 1. The molecule has 0 aliphatic carbocycles. The number of carbonyl (C=O) groups is 2. The number of carbonyl (C=O) groups excluding carboxylic acids is 1. The van der Waals surface area contributed by atoms with E-state index in [9.17, 15) is 9.59 Å². The van der Waals surface area contributed by atoms with Crippen LogP contribution in [0.1, 0.15) is 67.7 Å². The molecule has 1 aromatic heterocycles. The zero-order chi connectivity index (χ0) is 30.6. The number of ketones is 1. The molecule has 1 atom stereocenters. The van der Waals surface area contributed by atoms with E-state index in [1.54, 1.807) is 55.5 Å². The highest BCUT2D eigenvalue weighted by Crippen LogP contribution is 2.22. The third kappa shape index (κ3) is 6.74. The normalized spacial score (nSPS) is 11.4. The average molecular weight is 560 g/mol. The standard InChI is InChI=1S/C21H25N2.C16H14O3/c1-14-9-16(3)20(17(4)10-14)22-7-8-23(13-22)21-18(5)11-15(2)12-19(21)6;1-11(16(18)19)13-8-5-9-14(10-13)15(17)12-6-3-2-4-7-12/h7-13H,1-6H3;2-11H,1H3,(H,18,19)/q+1;. The van der Waals surface area contributed by atoms with Gasteiger partial charge in [-0.25, -0.2) is 9.13 Å². The van der Waals surface area contributed by atoms with Crippen LogP contribution in [0.5, 0.6) is 0 Å². The van der Waals surface area contributed by atoms with E-state index in [4.69, 9.17) is 5.11 Å². The summed E-state index contributed by atoms with van der Waals surface area (Å²) < 4.78 is 4.45. The molecule has 0 bridgehead atoms. The maximum Gasteiger partial charge on any atom is 0.310 e. The summed E-state index contributed by atoms with van der Waals surface area (Å²) in [6.07, 6.45) is 6.46. The van der Waals surface area contributed by atoms with Gasteiger partial charge in [0.25, 0.3) is 6.33 Å². The molecule has 0 aliphatic heterocycles. The zero-order valence-corrected chi connectivity index (χ0v) is 25.5. The van der Waals surface area contributed by atoms with Crippen LogP contribution in [0.4, 0.5) is 0 Å². The second-order valence-electron chi connectivity index (χ2n) is 11.1. The molecule has 0 saturated heterocycles. The number of benzene rings is 4. The minimum absolute atomic E-state index is 0.0972. The van der Waals surface area contributed by atoms with E-state index in [2.05, 4.69) is 93.7 Å². The van der Waals surface area contributed by atoms with E-state index < -0.39 is 11.9 Å². The first-order valence-electron chi connectivity index (χ1n) is 14.1. The second-order valence-corrected chi connectivity index (χ2v) is 11.1. The molecule has 5 aromatic rings. The topological polar surface area (TPSA) is 63.2 Å². The van der Waals surface area contributed by atoms with E-state index in [-0.39, 0.29) is 5.78 Å². The lowest BCUT2D eigenvalue weighted by Gasteiger charge is -2.08. The zero-order valence-electron chi connectivity index (χ0n) is 25.5.